The van der Waals surface area contributed by atoms with E-state index in [4.69, 9.17) is 9.15 Å². The number of nitrogens with zero attached hydrogens (tertiary/aromatic N) is 3. The second-order valence-electron chi connectivity index (χ2n) is 7.29. The maximum Gasteiger partial charge on any atom is 0.295 e. The lowest BCUT2D eigenvalue weighted by atomic mass is 9.99. The zero-order chi connectivity index (χ0) is 22.5. The summed E-state index contributed by atoms with van der Waals surface area (Å²) >= 11 is 0. The Balaban J connectivity index is 1.64. The van der Waals surface area contributed by atoms with Gasteiger partial charge in [0.1, 0.15) is 29.9 Å². The van der Waals surface area contributed by atoms with Crippen molar-refractivity contribution in [3.8, 4) is 5.75 Å². The van der Waals surface area contributed by atoms with Gasteiger partial charge in [0.05, 0.1) is 18.2 Å². The van der Waals surface area contributed by atoms with E-state index < -0.39 is 17.7 Å². The number of ketones is 1. The molecule has 1 N–H and O–H groups in total. The molecule has 1 saturated heterocycles. The molecule has 1 aliphatic rings. The Labute approximate surface area is 185 Å². The second-order valence-corrected chi connectivity index (χ2v) is 7.29. The Morgan fingerprint density at radius 2 is 2.03 bits per heavy atom. The van der Waals surface area contributed by atoms with Gasteiger partial charge in [-0.1, -0.05) is 12.7 Å². The SMILES string of the molecule is C=CCOc1ccc(C(O)=C2C(=O)C(=O)N(CCCn3ccnc3)[C@H]2c2ccco2)cc1. The van der Waals surface area contributed by atoms with Gasteiger partial charge in [-0.3, -0.25) is 9.59 Å². The molecule has 1 fully saturated rings. The number of amides is 1. The molecule has 1 aliphatic heterocycles. The van der Waals surface area contributed by atoms with Crippen molar-refractivity contribution in [3.63, 3.8) is 0 Å². The molecule has 4 rings (SSSR count). The van der Waals surface area contributed by atoms with Crippen LogP contribution >= 0.6 is 0 Å². The summed E-state index contributed by atoms with van der Waals surface area (Å²) in [5, 5.41) is 11.0. The molecule has 32 heavy (non-hydrogen) atoms. The van der Waals surface area contributed by atoms with Crippen LogP contribution in [0.5, 0.6) is 5.75 Å². The molecule has 0 saturated carbocycles. The summed E-state index contributed by atoms with van der Waals surface area (Å²) < 4.78 is 12.9. The van der Waals surface area contributed by atoms with E-state index in [0.717, 1.165) is 0 Å². The normalized spacial score (nSPS) is 17.6. The summed E-state index contributed by atoms with van der Waals surface area (Å²) in [6, 6.07) is 9.22. The van der Waals surface area contributed by atoms with Crippen molar-refractivity contribution in [3.05, 3.63) is 90.9 Å². The third-order valence-corrected chi connectivity index (χ3v) is 5.22. The first-order valence-electron chi connectivity index (χ1n) is 10.2. The minimum Gasteiger partial charge on any atom is -0.507 e. The number of aryl methyl sites for hydroxylation is 1. The van der Waals surface area contributed by atoms with Crippen LogP contribution < -0.4 is 4.74 Å². The fourth-order valence-electron chi connectivity index (χ4n) is 3.72. The summed E-state index contributed by atoms with van der Waals surface area (Å²) in [6.07, 6.45) is 8.93. The standard InChI is InChI=1S/C24H23N3O5/c1-2-14-31-18-8-6-17(7-9-18)22(28)20-21(19-5-3-15-32-19)27(24(30)23(20)29)12-4-11-26-13-10-25-16-26/h2-3,5-10,13,15-16,21,28H,1,4,11-12,14H2/t21-/m0/s1. The molecule has 8 heteroatoms. The number of likely N-dealkylation sites (tertiary alicyclic amines) is 1. The number of aliphatic hydroxyl groups is 1. The predicted octanol–water partition coefficient (Wildman–Crippen LogP) is 3.55. The van der Waals surface area contributed by atoms with Gasteiger partial charge in [0.25, 0.3) is 11.7 Å². The molecular weight excluding hydrogens is 410 g/mol. The predicted molar refractivity (Wildman–Crippen MR) is 117 cm³/mol. The van der Waals surface area contributed by atoms with Crippen LogP contribution in [0.2, 0.25) is 0 Å². The summed E-state index contributed by atoms with van der Waals surface area (Å²) in [5.74, 6) is -0.636. The van der Waals surface area contributed by atoms with Gasteiger partial charge in [0, 0.05) is 31.0 Å². The zero-order valence-electron chi connectivity index (χ0n) is 17.4. The molecule has 3 heterocycles. The van der Waals surface area contributed by atoms with Crippen molar-refractivity contribution in [2.75, 3.05) is 13.2 Å². The molecule has 1 atom stereocenters. The summed E-state index contributed by atoms with van der Waals surface area (Å²) in [5.41, 5.74) is 0.413. The number of Topliss-reactive ketones (excluding diaryl/α,β-unsaturated/α-hetero) is 1. The molecule has 2 aromatic heterocycles. The van der Waals surface area contributed by atoms with Crippen LogP contribution in [0, 0.1) is 0 Å². The number of carbonyl (C=O) groups is 2. The van der Waals surface area contributed by atoms with Crippen molar-refractivity contribution in [1.29, 1.82) is 0 Å². The van der Waals surface area contributed by atoms with Gasteiger partial charge in [-0.25, -0.2) is 4.98 Å². The molecule has 0 radical (unpaired) electrons. The average Bonchev–Trinajstić information content (AvgIpc) is 3.56. The third kappa shape index (κ3) is 4.20. The molecule has 0 bridgehead atoms. The van der Waals surface area contributed by atoms with Crippen LogP contribution in [0.1, 0.15) is 23.8 Å². The number of hydrogen-bond acceptors (Lipinski definition) is 6. The number of aliphatic hydroxyl groups excluding tert-OH is 1. The number of imidazole rings is 1. The number of hydrogen-bond donors (Lipinski definition) is 1. The Morgan fingerprint density at radius 1 is 1.22 bits per heavy atom. The van der Waals surface area contributed by atoms with Crippen LogP contribution in [0.3, 0.4) is 0 Å². The maximum absolute atomic E-state index is 12.9. The van der Waals surface area contributed by atoms with Crippen molar-refractivity contribution in [2.24, 2.45) is 0 Å². The van der Waals surface area contributed by atoms with Crippen LogP contribution in [0.15, 0.2) is 84.0 Å². The van der Waals surface area contributed by atoms with Gasteiger partial charge >= 0.3 is 0 Å². The Hall–Kier alpha value is -4.07. The van der Waals surface area contributed by atoms with E-state index in [0.29, 0.717) is 43.2 Å². The Kier molecular flexibility index (Phi) is 6.21. The van der Waals surface area contributed by atoms with E-state index in [-0.39, 0.29) is 11.3 Å². The monoisotopic (exact) mass is 433 g/mol. The van der Waals surface area contributed by atoms with Gasteiger partial charge in [0.15, 0.2) is 0 Å². The lowest BCUT2D eigenvalue weighted by molar-refractivity contribution is -0.140. The highest BCUT2D eigenvalue weighted by molar-refractivity contribution is 6.46. The number of carbonyl (C=O) groups excluding carboxylic acids is 2. The van der Waals surface area contributed by atoms with Crippen molar-refractivity contribution in [1.82, 2.24) is 14.5 Å². The number of ether oxygens (including phenoxy) is 1. The highest BCUT2D eigenvalue weighted by Gasteiger charge is 2.47. The molecule has 0 unspecified atom stereocenters. The minimum atomic E-state index is -0.801. The molecule has 0 aliphatic carbocycles. The quantitative estimate of drug-likeness (QED) is 0.240. The van der Waals surface area contributed by atoms with E-state index in [9.17, 15) is 14.7 Å². The highest BCUT2D eigenvalue weighted by atomic mass is 16.5. The maximum atomic E-state index is 12.9. The van der Waals surface area contributed by atoms with E-state index >= 15 is 0 Å². The lowest BCUT2D eigenvalue weighted by Crippen LogP contribution is -2.31. The average molecular weight is 433 g/mol. The fraction of sp³-hybridized carbons (Fsp3) is 0.208. The fourth-order valence-corrected chi connectivity index (χ4v) is 3.72. The number of rotatable bonds is 9. The van der Waals surface area contributed by atoms with Gasteiger partial charge in [0.2, 0.25) is 0 Å². The van der Waals surface area contributed by atoms with Crippen molar-refractivity contribution in [2.45, 2.75) is 19.0 Å². The third-order valence-electron chi connectivity index (χ3n) is 5.22. The van der Waals surface area contributed by atoms with Crippen LogP contribution in [-0.4, -0.2) is 44.4 Å². The molecule has 1 amide bonds. The molecule has 8 nitrogen and oxygen atoms in total. The van der Waals surface area contributed by atoms with E-state index in [1.54, 1.807) is 55.0 Å². The van der Waals surface area contributed by atoms with Crippen LogP contribution in [0.4, 0.5) is 0 Å². The van der Waals surface area contributed by atoms with Crippen molar-refractivity contribution < 1.29 is 23.8 Å². The van der Waals surface area contributed by atoms with Gasteiger partial charge in [-0.05, 0) is 42.8 Å². The first-order valence-corrected chi connectivity index (χ1v) is 10.2. The molecule has 164 valence electrons. The van der Waals surface area contributed by atoms with E-state index in [1.165, 1.54) is 11.2 Å². The lowest BCUT2D eigenvalue weighted by Gasteiger charge is -2.23. The first kappa shape index (κ1) is 21.2. The van der Waals surface area contributed by atoms with Gasteiger partial charge in [-0.15, -0.1) is 0 Å². The molecule has 3 aromatic rings. The largest absolute Gasteiger partial charge is 0.507 e. The van der Waals surface area contributed by atoms with Gasteiger partial charge < -0.3 is 23.7 Å². The Bertz CT molecular complexity index is 1120. The summed E-state index contributed by atoms with van der Waals surface area (Å²) in [4.78, 5) is 31.3. The topological polar surface area (TPSA) is 97.8 Å². The smallest absolute Gasteiger partial charge is 0.295 e. The molecule has 0 spiro atoms. The first-order chi connectivity index (χ1) is 15.6. The van der Waals surface area contributed by atoms with E-state index in [2.05, 4.69) is 11.6 Å². The van der Waals surface area contributed by atoms with E-state index in [1.807, 2.05) is 10.8 Å². The molecule has 1 aromatic carbocycles. The highest BCUT2D eigenvalue weighted by Crippen LogP contribution is 2.39. The number of furan rings is 1. The zero-order valence-corrected chi connectivity index (χ0v) is 17.4. The van der Waals surface area contributed by atoms with Crippen LogP contribution in [0.25, 0.3) is 5.76 Å². The summed E-state index contributed by atoms with van der Waals surface area (Å²) in [6.45, 7) is 4.92. The number of aromatic nitrogens is 2. The van der Waals surface area contributed by atoms with Crippen molar-refractivity contribution >= 4 is 17.4 Å². The second kappa shape index (κ2) is 9.38. The molecular formula is C24H23N3O5. The Morgan fingerprint density at radius 3 is 2.69 bits per heavy atom. The van der Waals surface area contributed by atoms with Crippen LogP contribution in [-0.2, 0) is 16.1 Å². The summed E-state index contributed by atoms with van der Waals surface area (Å²) in [7, 11) is 0. The number of benzene rings is 1. The van der Waals surface area contributed by atoms with Gasteiger partial charge in [-0.2, -0.15) is 0 Å². The minimum absolute atomic E-state index is 0.00680.